The summed E-state index contributed by atoms with van der Waals surface area (Å²) in [4.78, 5) is 13.8. The summed E-state index contributed by atoms with van der Waals surface area (Å²) in [6, 6.07) is 15.1. The van der Waals surface area contributed by atoms with E-state index in [2.05, 4.69) is 10.2 Å². The monoisotopic (exact) mass is 379 g/mol. The van der Waals surface area contributed by atoms with Crippen molar-refractivity contribution in [3.8, 4) is 5.69 Å². The van der Waals surface area contributed by atoms with Crippen LogP contribution in [0.25, 0.3) is 16.7 Å². The number of fused-ring (bicyclic) bond motifs is 1. The molecule has 1 N–H and O–H groups in total. The molecule has 146 valence electrons. The van der Waals surface area contributed by atoms with Gasteiger partial charge >= 0.3 is 5.97 Å². The first kappa shape index (κ1) is 19.8. The summed E-state index contributed by atoms with van der Waals surface area (Å²) in [5.41, 5.74) is 3.41. The Bertz CT molecular complexity index is 982. The Morgan fingerprint density at radius 1 is 1.11 bits per heavy atom. The average molecular weight is 379 g/mol. The Kier molecular flexibility index (Phi) is 5.61. The number of rotatable bonds is 5. The van der Waals surface area contributed by atoms with Gasteiger partial charge in [-0.25, -0.2) is 4.79 Å². The zero-order chi connectivity index (χ0) is 20.3. The fourth-order valence-corrected chi connectivity index (χ4v) is 3.00. The smallest absolute Gasteiger partial charge is 0.335 e. The largest absolute Gasteiger partial charge is 0.432 e. The Morgan fingerprint density at radius 3 is 2.29 bits per heavy atom. The van der Waals surface area contributed by atoms with Crippen LogP contribution in [0.15, 0.2) is 60.2 Å². The van der Waals surface area contributed by atoms with Gasteiger partial charge in [0.2, 0.25) is 6.29 Å². The van der Waals surface area contributed by atoms with E-state index in [4.69, 9.17) is 4.74 Å². The van der Waals surface area contributed by atoms with Gasteiger partial charge in [0.15, 0.2) is 0 Å². The van der Waals surface area contributed by atoms with Crippen molar-refractivity contribution in [3.63, 3.8) is 0 Å². The Balaban J connectivity index is 1.78. The van der Waals surface area contributed by atoms with E-state index in [0.717, 1.165) is 22.3 Å². The van der Waals surface area contributed by atoms with Crippen LogP contribution in [-0.2, 0) is 16.0 Å². The lowest BCUT2D eigenvalue weighted by atomic mass is 9.94. The molecular formula is C22H25N3O3. The SMILES string of the molecule is CC(=CC(C)(C)C)C(=O)OC(O)Cc1ccccc1-n1nc2ccccc2n1. The second-order valence-corrected chi connectivity index (χ2v) is 7.86. The molecule has 6 heteroatoms. The van der Waals surface area contributed by atoms with Gasteiger partial charge in [-0.05, 0) is 36.1 Å². The van der Waals surface area contributed by atoms with Crippen LogP contribution in [0, 0.1) is 5.41 Å². The normalized spacial score (nSPS) is 13.5. The molecule has 0 radical (unpaired) electrons. The van der Waals surface area contributed by atoms with Crippen LogP contribution in [0.4, 0.5) is 0 Å². The van der Waals surface area contributed by atoms with E-state index in [0.29, 0.717) is 5.57 Å². The van der Waals surface area contributed by atoms with Crippen LogP contribution < -0.4 is 0 Å². The van der Waals surface area contributed by atoms with Crippen molar-refractivity contribution in [1.82, 2.24) is 15.0 Å². The fraction of sp³-hybridized carbons (Fsp3) is 0.318. The molecule has 2 aromatic carbocycles. The minimum absolute atomic E-state index is 0.141. The number of ether oxygens (including phenoxy) is 1. The van der Waals surface area contributed by atoms with E-state index in [9.17, 15) is 9.90 Å². The molecule has 28 heavy (non-hydrogen) atoms. The molecule has 1 heterocycles. The van der Waals surface area contributed by atoms with Crippen LogP contribution in [-0.4, -0.2) is 32.4 Å². The summed E-state index contributed by atoms with van der Waals surface area (Å²) >= 11 is 0. The van der Waals surface area contributed by atoms with E-state index < -0.39 is 12.3 Å². The Labute approximate surface area is 164 Å². The quantitative estimate of drug-likeness (QED) is 0.414. The minimum Gasteiger partial charge on any atom is -0.432 e. The van der Waals surface area contributed by atoms with Gasteiger partial charge in [-0.2, -0.15) is 4.80 Å². The first-order valence-corrected chi connectivity index (χ1v) is 9.22. The number of hydrogen-bond donors (Lipinski definition) is 1. The standard InChI is InChI=1S/C22H25N3O3/c1-15(14-22(2,3)4)21(27)28-20(26)13-16-9-5-8-12-19(16)25-23-17-10-6-7-11-18(17)24-25/h5-12,14,20,26H,13H2,1-4H3. The molecule has 0 spiro atoms. The van der Waals surface area contributed by atoms with Crippen LogP contribution in [0.3, 0.4) is 0 Å². The average Bonchev–Trinajstić information content (AvgIpc) is 3.04. The van der Waals surface area contributed by atoms with Crippen molar-refractivity contribution in [2.24, 2.45) is 5.41 Å². The van der Waals surface area contributed by atoms with Gasteiger partial charge in [0.1, 0.15) is 11.0 Å². The number of aliphatic hydroxyl groups is 1. The van der Waals surface area contributed by atoms with Crippen molar-refractivity contribution < 1.29 is 14.6 Å². The van der Waals surface area contributed by atoms with E-state index in [1.54, 1.807) is 11.7 Å². The van der Waals surface area contributed by atoms with Crippen molar-refractivity contribution in [3.05, 3.63) is 65.7 Å². The van der Waals surface area contributed by atoms with Crippen LogP contribution in [0.5, 0.6) is 0 Å². The predicted molar refractivity (Wildman–Crippen MR) is 108 cm³/mol. The molecule has 0 aliphatic carbocycles. The van der Waals surface area contributed by atoms with Crippen molar-refractivity contribution in [1.29, 1.82) is 0 Å². The zero-order valence-corrected chi connectivity index (χ0v) is 16.6. The van der Waals surface area contributed by atoms with E-state index in [1.807, 2.05) is 75.4 Å². The number of aliphatic hydroxyl groups excluding tert-OH is 1. The molecule has 0 fully saturated rings. The lowest BCUT2D eigenvalue weighted by molar-refractivity contribution is -0.162. The summed E-state index contributed by atoms with van der Waals surface area (Å²) < 4.78 is 5.21. The number of carbonyl (C=O) groups excluding carboxylic acids is 1. The number of allylic oxidation sites excluding steroid dienone is 1. The summed E-state index contributed by atoms with van der Waals surface area (Å²) in [7, 11) is 0. The third-order valence-corrected chi connectivity index (χ3v) is 4.10. The maximum atomic E-state index is 12.2. The second kappa shape index (κ2) is 7.94. The van der Waals surface area contributed by atoms with Gasteiger partial charge in [0.25, 0.3) is 0 Å². The molecule has 0 saturated heterocycles. The third-order valence-electron chi connectivity index (χ3n) is 4.10. The topological polar surface area (TPSA) is 77.2 Å². The number of carbonyl (C=O) groups is 1. The van der Waals surface area contributed by atoms with Gasteiger partial charge in [0, 0.05) is 12.0 Å². The molecule has 3 rings (SSSR count). The Hall–Kier alpha value is -2.99. The highest BCUT2D eigenvalue weighted by Crippen LogP contribution is 2.20. The molecule has 0 bridgehead atoms. The van der Waals surface area contributed by atoms with Gasteiger partial charge in [-0.3, -0.25) is 0 Å². The molecule has 1 unspecified atom stereocenters. The summed E-state index contributed by atoms with van der Waals surface area (Å²) in [5.74, 6) is -0.525. The molecule has 0 aliphatic heterocycles. The van der Waals surface area contributed by atoms with Crippen LogP contribution in [0.2, 0.25) is 0 Å². The van der Waals surface area contributed by atoms with Gasteiger partial charge in [-0.15, -0.1) is 10.2 Å². The van der Waals surface area contributed by atoms with Crippen molar-refractivity contribution >= 4 is 17.0 Å². The summed E-state index contributed by atoms with van der Waals surface area (Å²) in [6.45, 7) is 7.68. The minimum atomic E-state index is -1.26. The number of para-hydroxylation sites is 1. The predicted octanol–water partition coefficient (Wildman–Crippen LogP) is 3.82. The van der Waals surface area contributed by atoms with Gasteiger partial charge < -0.3 is 9.84 Å². The second-order valence-electron chi connectivity index (χ2n) is 7.86. The third kappa shape index (κ3) is 4.84. The van der Waals surface area contributed by atoms with Crippen molar-refractivity contribution in [2.75, 3.05) is 0 Å². The molecular weight excluding hydrogens is 354 g/mol. The molecule has 1 aromatic heterocycles. The molecule has 0 saturated carbocycles. The van der Waals surface area contributed by atoms with Gasteiger partial charge in [-0.1, -0.05) is 57.2 Å². The lowest BCUT2D eigenvalue weighted by Crippen LogP contribution is -2.22. The highest BCUT2D eigenvalue weighted by atomic mass is 16.6. The zero-order valence-electron chi connectivity index (χ0n) is 16.6. The molecule has 1 atom stereocenters. The summed E-state index contributed by atoms with van der Waals surface area (Å²) in [5, 5.41) is 19.3. The van der Waals surface area contributed by atoms with Crippen molar-refractivity contribution in [2.45, 2.75) is 40.4 Å². The molecule has 0 amide bonds. The number of nitrogens with zero attached hydrogens (tertiary/aromatic N) is 3. The number of aromatic nitrogens is 3. The maximum Gasteiger partial charge on any atom is 0.335 e. The maximum absolute atomic E-state index is 12.2. The number of hydrogen-bond acceptors (Lipinski definition) is 5. The fourth-order valence-electron chi connectivity index (χ4n) is 3.00. The highest BCUT2D eigenvalue weighted by Gasteiger charge is 2.18. The summed E-state index contributed by atoms with van der Waals surface area (Å²) in [6.07, 6.45) is 0.708. The van der Waals surface area contributed by atoms with Crippen LogP contribution >= 0.6 is 0 Å². The van der Waals surface area contributed by atoms with E-state index >= 15 is 0 Å². The molecule has 3 aromatic rings. The van der Waals surface area contributed by atoms with E-state index in [-0.39, 0.29) is 11.8 Å². The molecule has 6 nitrogen and oxygen atoms in total. The Morgan fingerprint density at radius 2 is 1.68 bits per heavy atom. The first-order valence-electron chi connectivity index (χ1n) is 9.22. The first-order chi connectivity index (χ1) is 13.2. The van der Waals surface area contributed by atoms with Gasteiger partial charge in [0.05, 0.1) is 5.69 Å². The number of benzene rings is 2. The van der Waals surface area contributed by atoms with E-state index in [1.165, 1.54) is 0 Å². The number of esters is 1. The van der Waals surface area contributed by atoms with Crippen LogP contribution in [0.1, 0.15) is 33.3 Å². The molecule has 0 aliphatic rings. The highest BCUT2D eigenvalue weighted by molar-refractivity contribution is 5.87. The lowest BCUT2D eigenvalue weighted by Gasteiger charge is -2.17.